The molecule has 0 N–H and O–H groups in total. The molecule has 0 amide bonds. The molecule has 0 bridgehead atoms. The molecule has 0 aliphatic carbocycles. The van der Waals surface area contributed by atoms with Crippen LogP contribution >= 0.6 is 16.8 Å². The molecule has 2 heterocycles. The molecule has 0 aromatic heterocycles. The van der Waals surface area contributed by atoms with Gasteiger partial charge in [0.05, 0.1) is 36.0 Å². The maximum Gasteiger partial charge on any atom is 0.337 e. The molecule has 2 atom stereocenters. The van der Waals surface area contributed by atoms with Crippen LogP contribution in [-0.4, -0.2) is 26.2 Å². The van der Waals surface area contributed by atoms with Crippen molar-refractivity contribution in [2.24, 2.45) is 0 Å². The van der Waals surface area contributed by atoms with Gasteiger partial charge >= 0.3 is 28.7 Å². The van der Waals surface area contributed by atoms with Crippen molar-refractivity contribution in [3.8, 4) is 45.3 Å². The number of ether oxygens (including phenoxy) is 2. The summed E-state index contributed by atoms with van der Waals surface area (Å²) in [6.07, 6.45) is 0.204. The van der Waals surface area contributed by atoms with E-state index in [-0.39, 0.29) is 6.42 Å². The van der Waals surface area contributed by atoms with E-state index in [1.807, 2.05) is 97.1 Å². The minimum atomic E-state index is -1.69. The Morgan fingerprint density at radius 1 is 0.508 bits per heavy atom. The molecular formula is C49H46O8P2. The first-order valence-electron chi connectivity index (χ1n) is 19.5. The standard InChI is InChI=1S/C49H46O8P2/c1-48(2,3)38-28-32(46(50)52-7)26-30(44(38)56-58-42-23-15-11-19-36(42)34-17-9-13-21-40(34)54-58)25-31-27-33(47(51)53-8)29-39(49(4,5)6)45(31)57-59-43-24-16-12-20-37(43)35-18-10-14-22-41(35)55-59/h9-24,26-29H,25H2,1-8H3. The van der Waals surface area contributed by atoms with E-state index in [0.717, 1.165) is 55.5 Å². The third-order valence-electron chi connectivity index (χ3n) is 10.4. The van der Waals surface area contributed by atoms with Crippen LogP contribution < -0.4 is 28.7 Å². The second-order valence-electron chi connectivity index (χ2n) is 16.6. The molecule has 8 nitrogen and oxygen atoms in total. The zero-order chi connectivity index (χ0) is 41.6. The Kier molecular flexibility index (Phi) is 10.8. The largest absolute Gasteiger partial charge is 0.465 e. The van der Waals surface area contributed by atoms with E-state index in [4.69, 9.17) is 27.6 Å². The van der Waals surface area contributed by atoms with Gasteiger partial charge < -0.3 is 27.6 Å². The maximum absolute atomic E-state index is 13.4. The quantitative estimate of drug-likeness (QED) is 0.111. The fraction of sp³-hybridized carbons (Fsp3) is 0.224. The Hall–Kier alpha value is -5.68. The Labute approximate surface area is 348 Å². The topological polar surface area (TPSA) is 89.5 Å². The lowest BCUT2D eigenvalue weighted by Crippen LogP contribution is -2.22. The van der Waals surface area contributed by atoms with Crippen molar-refractivity contribution in [2.75, 3.05) is 14.2 Å². The molecule has 0 radical (unpaired) electrons. The fourth-order valence-corrected chi connectivity index (χ4v) is 10.6. The van der Waals surface area contributed by atoms with Gasteiger partial charge in [0.1, 0.15) is 23.0 Å². The molecule has 2 aliphatic heterocycles. The molecule has 300 valence electrons. The van der Waals surface area contributed by atoms with Crippen molar-refractivity contribution in [3.05, 3.63) is 155 Å². The van der Waals surface area contributed by atoms with E-state index < -0.39 is 39.5 Å². The lowest BCUT2D eigenvalue weighted by atomic mass is 9.81. The van der Waals surface area contributed by atoms with E-state index in [2.05, 4.69) is 65.8 Å². The molecule has 8 rings (SSSR count). The fourth-order valence-electron chi connectivity index (χ4n) is 7.48. The van der Waals surface area contributed by atoms with E-state index >= 15 is 0 Å². The summed E-state index contributed by atoms with van der Waals surface area (Å²) in [6, 6.07) is 39.5. The third kappa shape index (κ3) is 7.80. The Balaban J connectivity index is 1.33. The summed E-state index contributed by atoms with van der Waals surface area (Å²) in [4.78, 5) is 26.9. The molecule has 0 spiro atoms. The van der Waals surface area contributed by atoms with Gasteiger partial charge in [-0.2, -0.15) is 0 Å². The monoisotopic (exact) mass is 824 g/mol. The Bertz CT molecular complexity index is 2420. The van der Waals surface area contributed by atoms with Gasteiger partial charge in [-0.05, 0) is 70.5 Å². The van der Waals surface area contributed by atoms with Gasteiger partial charge in [0, 0.05) is 39.8 Å². The third-order valence-corrected chi connectivity index (χ3v) is 13.4. The van der Waals surface area contributed by atoms with Crippen LogP contribution in [0.3, 0.4) is 0 Å². The number of esters is 2. The van der Waals surface area contributed by atoms with Crippen LogP contribution in [-0.2, 0) is 26.7 Å². The second-order valence-corrected chi connectivity index (χ2v) is 19.3. The molecule has 0 saturated heterocycles. The summed E-state index contributed by atoms with van der Waals surface area (Å²) in [6.45, 7) is 12.5. The van der Waals surface area contributed by atoms with Gasteiger partial charge in [-0.15, -0.1) is 0 Å². The van der Waals surface area contributed by atoms with Crippen LogP contribution in [0.25, 0.3) is 22.3 Å². The summed E-state index contributed by atoms with van der Waals surface area (Å²) in [5.41, 5.74) is 6.81. The van der Waals surface area contributed by atoms with Gasteiger partial charge in [0.2, 0.25) is 0 Å². The zero-order valence-corrected chi connectivity index (χ0v) is 36.2. The molecule has 10 heteroatoms. The highest BCUT2D eigenvalue weighted by atomic mass is 31.2. The normalized spacial score (nSPS) is 15.3. The number of methoxy groups -OCH3 is 2. The second kappa shape index (κ2) is 15.8. The molecule has 2 unspecified atom stereocenters. The molecule has 0 saturated carbocycles. The lowest BCUT2D eigenvalue weighted by molar-refractivity contribution is 0.0591. The highest BCUT2D eigenvalue weighted by molar-refractivity contribution is 7.57. The Morgan fingerprint density at radius 3 is 1.24 bits per heavy atom. The van der Waals surface area contributed by atoms with Crippen molar-refractivity contribution in [2.45, 2.75) is 58.8 Å². The van der Waals surface area contributed by atoms with Crippen LogP contribution in [0.4, 0.5) is 0 Å². The molecule has 0 fully saturated rings. The zero-order valence-electron chi connectivity index (χ0n) is 34.4. The van der Waals surface area contributed by atoms with Crippen LogP contribution in [0, 0.1) is 0 Å². The average Bonchev–Trinajstić information content (AvgIpc) is 3.23. The number of hydrogen-bond donors (Lipinski definition) is 0. The minimum absolute atomic E-state index is 0.204. The van der Waals surface area contributed by atoms with Crippen molar-refractivity contribution >= 4 is 39.3 Å². The number of hydrogen-bond acceptors (Lipinski definition) is 8. The maximum atomic E-state index is 13.4. The molecule has 6 aromatic rings. The highest BCUT2D eigenvalue weighted by Gasteiger charge is 2.36. The summed E-state index contributed by atoms with van der Waals surface area (Å²) in [5.74, 6) is 1.66. The Morgan fingerprint density at radius 2 is 0.864 bits per heavy atom. The first-order valence-corrected chi connectivity index (χ1v) is 21.8. The van der Waals surface area contributed by atoms with E-state index in [0.29, 0.717) is 33.8 Å². The van der Waals surface area contributed by atoms with Crippen molar-refractivity contribution in [1.29, 1.82) is 0 Å². The number of carbonyl (C=O) groups is 2. The van der Waals surface area contributed by atoms with Crippen molar-refractivity contribution in [1.82, 2.24) is 0 Å². The number of benzene rings is 6. The highest BCUT2D eigenvalue weighted by Crippen LogP contribution is 2.54. The summed E-state index contributed by atoms with van der Waals surface area (Å²) in [5, 5.41) is 1.87. The molecule has 2 aliphatic rings. The predicted molar refractivity (Wildman–Crippen MR) is 235 cm³/mol. The van der Waals surface area contributed by atoms with Gasteiger partial charge in [0.25, 0.3) is 0 Å². The van der Waals surface area contributed by atoms with Gasteiger partial charge in [-0.3, -0.25) is 0 Å². The van der Waals surface area contributed by atoms with Gasteiger partial charge in [-0.1, -0.05) is 114 Å². The number of rotatable bonds is 8. The summed E-state index contributed by atoms with van der Waals surface area (Å²) >= 11 is 0. The first-order chi connectivity index (χ1) is 28.2. The van der Waals surface area contributed by atoms with Crippen LogP contribution in [0.15, 0.2) is 121 Å². The first kappa shape index (κ1) is 40.1. The van der Waals surface area contributed by atoms with Crippen LogP contribution in [0.1, 0.15) is 84.5 Å². The predicted octanol–water partition coefficient (Wildman–Crippen LogP) is 11.6. The lowest BCUT2D eigenvalue weighted by Gasteiger charge is -2.32. The van der Waals surface area contributed by atoms with Gasteiger partial charge in [0.15, 0.2) is 0 Å². The summed E-state index contributed by atoms with van der Waals surface area (Å²) < 4.78 is 38.4. The molecular weight excluding hydrogens is 778 g/mol. The molecule has 59 heavy (non-hydrogen) atoms. The SMILES string of the molecule is COC(=O)c1cc(Cc2cc(C(=O)OC)cc(C(C)(C)C)c2OP2Oc3ccccc3-c3ccccc32)c(OP2Oc3ccccc3-c3ccccc32)c(C(C)(C)C)c1. The number of carbonyl (C=O) groups excluding carboxylic acids is 2. The number of fused-ring (bicyclic) bond motifs is 6. The number of para-hydroxylation sites is 2. The average molecular weight is 825 g/mol. The van der Waals surface area contributed by atoms with Crippen LogP contribution in [0.2, 0.25) is 0 Å². The van der Waals surface area contributed by atoms with Gasteiger partial charge in [-0.25, -0.2) is 9.59 Å². The smallest absolute Gasteiger partial charge is 0.337 e. The molecule has 6 aromatic carbocycles. The van der Waals surface area contributed by atoms with E-state index in [9.17, 15) is 9.59 Å². The van der Waals surface area contributed by atoms with E-state index in [1.54, 1.807) is 0 Å². The van der Waals surface area contributed by atoms with Crippen molar-refractivity contribution in [3.63, 3.8) is 0 Å². The van der Waals surface area contributed by atoms with Crippen molar-refractivity contribution < 1.29 is 37.2 Å². The van der Waals surface area contributed by atoms with E-state index in [1.165, 1.54) is 14.2 Å². The van der Waals surface area contributed by atoms with Crippen LogP contribution in [0.5, 0.6) is 23.0 Å². The summed E-state index contributed by atoms with van der Waals surface area (Å²) in [7, 11) is -0.631. The minimum Gasteiger partial charge on any atom is -0.465 e.